The zero-order valence-electron chi connectivity index (χ0n) is 13.4. The van der Waals surface area contributed by atoms with Gasteiger partial charge >= 0.3 is 5.97 Å². The number of thiophene rings is 1. The van der Waals surface area contributed by atoms with E-state index in [-0.39, 0.29) is 30.7 Å². The van der Waals surface area contributed by atoms with Crippen LogP contribution < -0.4 is 14.8 Å². The highest BCUT2D eigenvalue weighted by Crippen LogP contribution is 2.32. The van der Waals surface area contributed by atoms with E-state index in [0.717, 1.165) is 4.88 Å². The molecule has 0 bridgehead atoms. The third-order valence-corrected chi connectivity index (χ3v) is 4.52. The largest absolute Gasteiger partial charge is 0.454 e. The van der Waals surface area contributed by atoms with Gasteiger partial charge in [-0.05, 0) is 30.3 Å². The Bertz CT molecular complexity index is 828. The highest BCUT2D eigenvalue weighted by molar-refractivity contribution is 7.14. The van der Waals surface area contributed by atoms with Crippen molar-refractivity contribution in [3.8, 4) is 11.5 Å². The Morgan fingerprint density at radius 3 is 2.76 bits per heavy atom. The van der Waals surface area contributed by atoms with Gasteiger partial charge < -0.3 is 19.5 Å². The molecule has 1 aromatic heterocycles. The molecule has 1 amide bonds. The quantitative estimate of drug-likeness (QED) is 0.626. The highest BCUT2D eigenvalue weighted by atomic mass is 32.1. The molecule has 0 fully saturated rings. The molecule has 0 spiro atoms. The van der Waals surface area contributed by atoms with Crippen molar-refractivity contribution in [3.63, 3.8) is 0 Å². The average molecular weight is 361 g/mol. The fraction of sp³-hybridized carbons (Fsp3) is 0.235. The van der Waals surface area contributed by atoms with Gasteiger partial charge in [-0.3, -0.25) is 9.59 Å². The number of benzene rings is 1. The van der Waals surface area contributed by atoms with Crippen LogP contribution in [-0.4, -0.2) is 31.1 Å². The summed E-state index contributed by atoms with van der Waals surface area (Å²) in [6.07, 6.45) is 0. The molecule has 7 nitrogen and oxygen atoms in total. The van der Waals surface area contributed by atoms with Crippen LogP contribution in [0.1, 0.15) is 31.8 Å². The lowest BCUT2D eigenvalue weighted by atomic mass is 10.2. The van der Waals surface area contributed by atoms with Gasteiger partial charge in [-0.25, -0.2) is 4.79 Å². The molecule has 0 saturated carbocycles. The van der Waals surface area contributed by atoms with Gasteiger partial charge in [0.15, 0.2) is 18.1 Å². The third-order valence-electron chi connectivity index (χ3n) is 3.39. The number of hydrogen-bond donors (Lipinski definition) is 1. The van der Waals surface area contributed by atoms with E-state index in [1.807, 2.05) is 0 Å². The summed E-state index contributed by atoms with van der Waals surface area (Å²) in [7, 11) is 0. The van der Waals surface area contributed by atoms with E-state index in [2.05, 4.69) is 5.32 Å². The van der Waals surface area contributed by atoms with Crippen LogP contribution in [0, 0.1) is 0 Å². The summed E-state index contributed by atoms with van der Waals surface area (Å²) in [4.78, 5) is 36.4. The number of carbonyl (C=O) groups is 3. The maximum atomic E-state index is 12.1. The molecule has 3 rings (SSSR count). The predicted octanol–water partition coefficient (Wildman–Crippen LogP) is 2.15. The summed E-state index contributed by atoms with van der Waals surface area (Å²) < 4.78 is 15.4. The summed E-state index contributed by atoms with van der Waals surface area (Å²) in [5.41, 5.74) is 0.287. The Balaban J connectivity index is 1.55. The third kappa shape index (κ3) is 4.16. The first kappa shape index (κ1) is 17.0. The van der Waals surface area contributed by atoms with Crippen molar-refractivity contribution < 1.29 is 28.6 Å². The fourth-order valence-electron chi connectivity index (χ4n) is 2.14. The van der Waals surface area contributed by atoms with Crippen molar-refractivity contribution in [3.05, 3.63) is 45.6 Å². The van der Waals surface area contributed by atoms with Crippen LogP contribution in [0.5, 0.6) is 11.5 Å². The summed E-state index contributed by atoms with van der Waals surface area (Å²) in [6.45, 7) is 1.55. The number of nitrogens with one attached hydrogen (secondary N) is 1. The number of rotatable bonds is 6. The molecule has 1 aromatic carbocycles. The van der Waals surface area contributed by atoms with Gasteiger partial charge in [0.1, 0.15) is 0 Å². The number of Topliss-reactive ketones (excluding diaryl/α,β-unsaturated/α-hetero) is 1. The van der Waals surface area contributed by atoms with E-state index in [1.54, 1.807) is 24.3 Å². The minimum absolute atomic E-state index is 0.117. The predicted molar refractivity (Wildman–Crippen MR) is 89.0 cm³/mol. The van der Waals surface area contributed by atoms with Crippen LogP contribution in [0.15, 0.2) is 30.3 Å². The van der Waals surface area contributed by atoms with E-state index >= 15 is 0 Å². The van der Waals surface area contributed by atoms with E-state index in [0.29, 0.717) is 22.9 Å². The second-order valence-electron chi connectivity index (χ2n) is 5.24. The number of carbonyl (C=O) groups excluding carboxylic acids is 3. The van der Waals surface area contributed by atoms with Gasteiger partial charge in [0.2, 0.25) is 18.5 Å². The van der Waals surface area contributed by atoms with Gasteiger partial charge in [-0.15, -0.1) is 11.3 Å². The molecule has 0 radical (unpaired) electrons. The Morgan fingerprint density at radius 2 is 1.96 bits per heavy atom. The molecule has 2 aromatic rings. The second kappa shape index (κ2) is 7.35. The Labute approximate surface area is 147 Å². The lowest BCUT2D eigenvalue weighted by molar-refractivity contribution is -0.119. The molecule has 1 aliphatic rings. The molecule has 130 valence electrons. The van der Waals surface area contributed by atoms with Crippen LogP contribution in [0.4, 0.5) is 0 Å². The smallest absolute Gasteiger partial charge is 0.338 e. The normalized spacial score (nSPS) is 11.9. The molecule has 2 heterocycles. The zero-order chi connectivity index (χ0) is 17.8. The minimum atomic E-state index is -0.610. The number of amides is 1. The van der Waals surface area contributed by atoms with Crippen LogP contribution in [-0.2, 0) is 16.1 Å². The summed E-state index contributed by atoms with van der Waals surface area (Å²) >= 11 is 1.25. The molecule has 0 unspecified atom stereocenters. The number of ketones is 1. The molecule has 1 N–H and O–H groups in total. The fourth-order valence-corrected chi connectivity index (χ4v) is 3.02. The van der Waals surface area contributed by atoms with Gasteiger partial charge in [-0.2, -0.15) is 0 Å². The van der Waals surface area contributed by atoms with Crippen molar-refractivity contribution in [1.82, 2.24) is 5.32 Å². The molecule has 8 heteroatoms. The molecular weight excluding hydrogens is 346 g/mol. The summed E-state index contributed by atoms with van der Waals surface area (Å²) in [6, 6.07) is 8.10. The van der Waals surface area contributed by atoms with E-state index in [4.69, 9.17) is 14.2 Å². The Kier molecular flexibility index (Phi) is 4.99. The molecule has 1 aliphatic heterocycles. The van der Waals surface area contributed by atoms with E-state index in [9.17, 15) is 14.4 Å². The molecule has 0 atom stereocenters. The van der Waals surface area contributed by atoms with Gasteiger partial charge in [0.25, 0.3) is 0 Å². The van der Waals surface area contributed by atoms with Crippen LogP contribution in [0.25, 0.3) is 0 Å². The standard InChI is InChI=1S/C17H15NO6S/c1-10(19)18-7-12-3-5-16(25-12)13(20)8-22-17(21)11-2-4-14-15(6-11)24-9-23-14/h2-6H,7-9H2,1H3,(H,18,19). The number of hydrogen-bond acceptors (Lipinski definition) is 7. The van der Waals surface area contributed by atoms with Gasteiger partial charge in [0, 0.05) is 11.8 Å². The lowest BCUT2D eigenvalue weighted by Crippen LogP contribution is -2.18. The highest BCUT2D eigenvalue weighted by Gasteiger charge is 2.18. The summed E-state index contributed by atoms with van der Waals surface area (Å²) in [5, 5.41) is 2.66. The van der Waals surface area contributed by atoms with Gasteiger partial charge in [-0.1, -0.05) is 0 Å². The van der Waals surface area contributed by atoms with Crippen molar-refractivity contribution in [2.75, 3.05) is 13.4 Å². The van der Waals surface area contributed by atoms with Crippen molar-refractivity contribution in [2.45, 2.75) is 13.5 Å². The van der Waals surface area contributed by atoms with Crippen LogP contribution in [0.2, 0.25) is 0 Å². The van der Waals surface area contributed by atoms with E-state index in [1.165, 1.54) is 24.3 Å². The molecule has 0 saturated heterocycles. The van der Waals surface area contributed by atoms with Crippen LogP contribution >= 0.6 is 11.3 Å². The first-order valence-corrected chi connectivity index (χ1v) is 8.27. The molecular formula is C17H15NO6S. The monoisotopic (exact) mass is 361 g/mol. The maximum Gasteiger partial charge on any atom is 0.338 e. The average Bonchev–Trinajstić information content (AvgIpc) is 3.25. The topological polar surface area (TPSA) is 90.9 Å². The van der Waals surface area contributed by atoms with Gasteiger partial charge in [0.05, 0.1) is 17.0 Å². The number of ether oxygens (including phenoxy) is 3. The lowest BCUT2D eigenvalue weighted by Gasteiger charge is -2.04. The molecule has 0 aliphatic carbocycles. The minimum Gasteiger partial charge on any atom is -0.454 e. The SMILES string of the molecule is CC(=O)NCc1ccc(C(=O)COC(=O)c2ccc3c(c2)OCO3)s1. The summed E-state index contributed by atoms with van der Waals surface area (Å²) in [5.74, 6) is -0.00617. The zero-order valence-corrected chi connectivity index (χ0v) is 14.2. The Morgan fingerprint density at radius 1 is 1.16 bits per heavy atom. The van der Waals surface area contributed by atoms with Crippen molar-refractivity contribution in [2.24, 2.45) is 0 Å². The van der Waals surface area contributed by atoms with Crippen LogP contribution in [0.3, 0.4) is 0 Å². The molecule has 25 heavy (non-hydrogen) atoms. The first-order valence-electron chi connectivity index (χ1n) is 7.46. The van der Waals surface area contributed by atoms with Crippen molar-refractivity contribution in [1.29, 1.82) is 0 Å². The van der Waals surface area contributed by atoms with E-state index < -0.39 is 5.97 Å². The number of esters is 1. The second-order valence-corrected chi connectivity index (χ2v) is 6.41. The Hall–Kier alpha value is -2.87. The first-order chi connectivity index (χ1) is 12.0. The number of fused-ring (bicyclic) bond motifs is 1. The van der Waals surface area contributed by atoms with Crippen molar-refractivity contribution >= 4 is 29.0 Å². The maximum absolute atomic E-state index is 12.1.